The number of aliphatic carboxylic acids is 1. The standard InChI is InChI=1S/C37H51N7O10/c1-43-15-12-36-30-21-8-9-25(52-2)31(30)54-32(36)26(10-11-37(36,51)27(43)17-21)53-35(50)44-14-4-3-7-23(44)19-42-33(49)22(6-5-13-40-34(38)39)16-24(45)20-41-28(46)18-29(47)48/h8-10,22-23,27,32,51H,3-7,11-20H2,1-2H3,(H,41,46)(H,42,49)(H,47,48)(H4,38,39,40)/t22-,23?,27-,32+,36+,37-/m1/s1. The second kappa shape index (κ2) is 15.8. The van der Waals surface area contributed by atoms with Crippen molar-refractivity contribution in [2.45, 2.75) is 93.4 Å². The average molecular weight is 754 g/mol. The van der Waals surface area contributed by atoms with Crippen LogP contribution in [0.2, 0.25) is 0 Å². The number of hydrogen-bond acceptors (Lipinski definition) is 11. The van der Waals surface area contributed by atoms with Gasteiger partial charge in [-0.15, -0.1) is 0 Å². The number of hydrogen-bond donors (Lipinski definition) is 6. The summed E-state index contributed by atoms with van der Waals surface area (Å²) in [7, 11) is 3.61. The maximum Gasteiger partial charge on any atom is 0.415 e. The van der Waals surface area contributed by atoms with Crippen molar-refractivity contribution in [3.8, 4) is 11.5 Å². The topological polar surface area (TPSA) is 248 Å². The van der Waals surface area contributed by atoms with E-state index in [-0.39, 0.29) is 44.4 Å². The zero-order chi connectivity index (χ0) is 38.8. The minimum Gasteiger partial charge on any atom is -0.493 e. The molecular weight excluding hydrogens is 702 g/mol. The van der Waals surface area contributed by atoms with Crippen LogP contribution in [0.3, 0.4) is 0 Å². The summed E-state index contributed by atoms with van der Waals surface area (Å²) in [5, 5.41) is 26.5. The number of methoxy groups -OCH3 is 1. The number of carboxylic acids is 1. The summed E-state index contributed by atoms with van der Waals surface area (Å²) >= 11 is 0. The van der Waals surface area contributed by atoms with E-state index in [4.69, 9.17) is 30.8 Å². The Morgan fingerprint density at radius 2 is 1.94 bits per heavy atom. The summed E-state index contributed by atoms with van der Waals surface area (Å²) < 4.78 is 18.5. The van der Waals surface area contributed by atoms with Gasteiger partial charge >= 0.3 is 12.1 Å². The van der Waals surface area contributed by atoms with Crippen molar-refractivity contribution in [1.29, 1.82) is 0 Å². The maximum atomic E-state index is 14.0. The van der Waals surface area contributed by atoms with Gasteiger partial charge in [-0.2, -0.15) is 0 Å². The van der Waals surface area contributed by atoms with Crippen LogP contribution in [0.4, 0.5) is 4.79 Å². The average Bonchev–Trinajstić information content (AvgIpc) is 3.49. The molecule has 3 amide bonds. The van der Waals surface area contributed by atoms with E-state index < -0.39 is 71.7 Å². The predicted molar refractivity (Wildman–Crippen MR) is 194 cm³/mol. The first-order chi connectivity index (χ1) is 25.8. The molecule has 294 valence electrons. The van der Waals surface area contributed by atoms with Crippen LogP contribution in [0.1, 0.15) is 68.9 Å². The molecule has 17 nitrogen and oxygen atoms in total. The number of carbonyl (C=O) groups excluding carboxylic acids is 4. The maximum absolute atomic E-state index is 14.0. The summed E-state index contributed by atoms with van der Waals surface area (Å²) in [6.45, 7) is 1.09. The first-order valence-electron chi connectivity index (χ1n) is 18.6. The van der Waals surface area contributed by atoms with E-state index in [2.05, 4.69) is 20.5 Å². The quantitative estimate of drug-likeness (QED) is 0.0611. The van der Waals surface area contributed by atoms with Crippen LogP contribution in [0.15, 0.2) is 29.0 Å². The molecule has 5 aliphatic rings. The Hall–Kier alpha value is -4.90. The summed E-state index contributed by atoms with van der Waals surface area (Å²) in [5.41, 5.74) is 10.9. The van der Waals surface area contributed by atoms with Crippen molar-refractivity contribution in [3.63, 3.8) is 0 Å². The molecule has 0 saturated carbocycles. The van der Waals surface area contributed by atoms with Gasteiger partial charge in [-0.05, 0) is 76.2 Å². The number of ether oxygens (including phenoxy) is 3. The van der Waals surface area contributed by atoms with Crippen molar-refractivity contribution in [2.24, 2.45) is 22.4 Å². The smallest absolute Gasteiger partial charge is 0.415 e. The molecule has 2 saturated heterocycles. The molecule has 3 heterocycles. The third-order valence-electron chi connectivity index (χ3n) is 11.8. The van der Waals surface area contributed by atoms with E-state index in [1.807, 2.05) is 19.2 Å². The van der Waals surface area contributed by atoms with Gasteiger partial charge in [0.1, 0.15) is 12.2 Å². The van der Waals surface area contributed by atoms with Crippen molar-refractivity contribution in [2.75, 3.05) is 46.9 Å². The van der Waals surface area contributed by atoms with Crippen LogP contribution >= 0.6 is 0 Å². The number of carboxylic acid groups (broad SMARTS) is 1. The molecule has 1 aromatic carbocycles. The Labute approximate surface area is 313 Å². The minimum atomic E-state index is -1.32. The monoisotopic (exact) mass is 753 g/mol. The highest BCUT2D eigenvalue weighted by Gasteiger charge is 2.72. The summed E-state index contributed by atoms with van der Waals surface area (Å²) in [4.78, 5) is 70.6. The van der Waals surface area contributed by atoms with Gasteiger partial charge in [0.05, 0.1) is 30.7 Å². The van der Waals surface area contributed by atoms with Gasteiger partial charge in [0.2, 0.25) is 11.8 Å². The number of nitrogens with two attached hydrogens (primary N) is 2. The second-order valence-corrected chi connectivity index (χ2v) is 15.0. The molecule has 3 aliphatic heterocycles. The lowest BCUT2D eigenvalue weighted by atomic mass is 9.50. The molecule has 54 heavy (non-hydrogen) atoms. The number of Topliss-reactive ketones (excluding diaryl/α,β-unsaturated/α-hetero) is 1. The molecule has 2 fully saturated rings. The Balaban J connectivity index is 1.14. The normalized spacial score (nSPS) is 27.0. The van der Waals surface area contributed by atoms with Gasteiger partial charge in [-0.25, -0.2) is 4.79 Å². The van der Waals surface area contributed by atoms with Crippen molar-refractivity contribution in [3.05, 3.63) is 35.1 Å². The van der Waals surface area contributed by atoms with Crippen LogP contribution in [0, 0.1) is 5.92 Å². The van der Waals surface area contributed by atoms with E-state index >= 15 is 0 Å². The van der Waals surface area contributed by atoms with Crippen molar-refractivity contribution >= 4 is 35.6 Å². The van der Waals surface area contributed by atoms with Crippen LogP contribution in [0.5, 0.6) is 11.5 Å². The zero-order valence-electron chi connectivity index (χ0n) is 30.8. The molecule has 1 spiro atoms. The highest BCUT2D eigenvalue weighted by Crippen LogP contribution is 2.65. The lowest BCUT2D eigenvalue weighted by molar-refractivity contribution is -0.163. The largest absolute Gasteiger partial charge is 0.493 e. The molecule has 1 aromatic rings. The Bertz CT molecular complexity index is 1730. The lowest BCUT2D eigenvalue weighted by Crippen LogP contribution is -2.74. The Morgan fingerprint density at radius 3 is 2.69 bits per heavy atom. The number of nitrogens with zero attached hydrogens (tertiary/aromatic N) is 3. The molecular formula is C37H51N7O10. The molecule has 6 rings (SSSR count). The van der Waals surface area contributed by atoms with Gasteiger partial charge in [0, 0.05) is 50.0 Å². The number of nitrogens with one attached hydrogen (secondary N) is 2. The van der Waals surface area contributed by atoms with Crippen LogP contribution < -0.4 is 31.6 Å². The molecule has 0 aromatic heterocycles. The van der Waals surface area contributed by atoms with Crippen LogP contribution in [-0.4, -0.2) is 126 Å². The summed E-state index contributed by atoms with van der Waals surface area (Å²) in [6.07, 6.45) is 3.91. The van der Waals surface area contributed by atoms with Crippen molar-refractivity contribution < 1.29 is 48.4 Å². The van der Waals surface area contributed by atoms with E-state index in [1.165, 1.54) is 0 Å². The molecule has 8 N–H and O–H groups in total. The molecule has 17 heteroatoms. The van der Waals surface area contributed by atoms with Gasteiger partial charge in [0.15, 0.2) is 29.3 Å². The highest BCUT2D eigenvalue weighted by molar-refractivity contribution is 5.96. The Morgan fingerprint density at radius 1 is 1.15 bits per heavy atom. The number of carbonyl (C=O) groups is 5. The number of aliphatic hydroxyl groups is 1. The van der Waals surface area contributed by atoms with E-state index in [1.54, 1.807) is 18.1 Å². The number of aliphatic imine (C=N–C) groups is 1. The van der Waals surface area contributed by atoms with E-state index in [9.17, 15) is 29.1 Å². The van der Waals surface area contributed by atoms with E-state index in [0.29, 0.717) is 49.5 Å². The first kappa shape index (κ1) is 38.8. The van der Waals surface area contributed by atoms with Gasteiger partial charge in [-0.3, -0.25) is 24.2 Å². The van der Waals surface area contributed by atoms with Gasteiger partial charge in [0.25, 0.3) is 0 Å². The molecule has 0 radical (unpaired) electrons. The van der Waals surface area contributed by atoms with Crippen LogP contribution in [-0.2, 0) is 35.8 Å². The van der Waals surface area contributed by atoms with Crippen LogP contribution in [0.25, 0.3) is 0 Å². The number of piperidine rings is 2. The second-order valence-electron chi connectivity index (χ2n) is 15.0. The number of likely N-dealkylation sites (N-methyl/N-ethyl adjacent to an activating group) is 1. The number of amides is 3. The number of guanidine groups is 1. The molecule has 1 unspecified atom stereocenters. The zero-order valence-corrected chi connectivity index (χ0v) is 30.8. The van der Waals surface area contributed by atoms with E-state index in [0.717, 1.165) is 30.5 Å². The third kappa shape index (κ3) is 7.30. The highest BCUT2D eigenvalue weighted by atomic mass is 16.6. The number of rotatable bonds is 15. The predicted octanol–water partition coefficient (Wildman–Crippen LogP) is 0.300. The first-order valence-corrected chi connectivity index (χ1v) is 18.6. The third-order valence-corrected chi connectivity index (χ3v) is 11.8. The SMILES string of the molecule is COc1ccc2c3c1O[C@H]1C(OC(=O)N4CCCCC4CNC(=O)[C@H](CCCN=C(N)N)CC(=O)CNC(=O)CC(=O)O)=CC[C@@]4(O)[C@@H](C2)N(C)CC[C@]314. The summed E-state index contributed by atoms with van der Waals surface area (Å²) in [5.74, 6) is -2.37. The molecule has 6 atom stereocenters. The fourth-order valence-electron chi connectivity index (χ4n) is 9.18. The van der Waals surface area contributed by atoms with Gasteiger partial charge in [-0.1, -0.05) is 6.07 Å². The molecule has 2 bridgehead atoms. The molecule has 2 aliphatic carbocycles. The number of likely N-dealkylation sites (tertiary alicyclic amines) is 2. The fourth-order valence-corrected chi connectivity index (χ4v) is 9.18. The number of ketones is 1. The lowest BCUT2D eigenvalue weighted by Gasteiger charge is -2.61. The Kier molecular flexibility index (Phi) is 11.4. The fraction of sp³-hybridized carbons (Fsp3) is 0.622. The van der Waals surface area contributed by atoms with Crippen molar-refractivity contribution in [1.82, 2.24) is 20.4 Å². The summed E-state index contributed by atoms with van der Waals surface area (Å²) in [6, 6.07) is 3.39. The minimum absolute atomic E-state index is 0.0976. The number of benzene rings is 1. The van der Waals surface area contributed by atoms with Gasteiger partial charge < -0.3 is 56.3 Å².